The molecule has 0 fully saturated rings. The highest BCUT2D eigenvalue weighted by molar-refractivity contribution is 7.98. The van der Waals surface area contributed by atoms with Crippen molar-refractivity contribution in [3.63, 3.8) is 0 Å². The second-order valence-corrected chi connectivity index (χ2v) is 6.93. The van der Waals surface area contributed by atoms with Gasteiger partial charge in [0.25, 0.3) is 0 Å². The van der Waals surface area contributed by atoms with Gasteiger partial charge >= 0.3 is 0 Å². The summed E-state index contributed by atoms with van der Waals surface area (Å²) in [6, 6.07) is 7.78. The zero-order valence-electron chi connectivity index (χ0n) is 12.3. The molecule has 0 N–H and O–H groups in total. The summed E-state index contributed by atoms with van der Waals surface area (Å²) in [7, 11) is 2.00. The number of thioether (sulfide) groups is 1. The van der Waals surface area contributed by atoms with Gasteiger partial charge in [0, 0.05) is 30.2 Å². The Bertz CT molecular complexity index is 781. The number of aromatic nitrogens is 4. The molecule has 0 saturated heterocycles. The standard InChI is InChI=1S/C15H15ClN4S2/c1-3-13-18-19-15(20(13)2)22-9-10-8-21-14(17-10)11-6-4-5-7-12(11)16/h4-8H,3,9H2,1-2H3. The van der Waals surface area contributed by atoms with Gasteiger partial charge in [0.2, 0.25) is 0 Å². The molecular weight excluding hydrogens is 336 g/mol. The van der Waals surface area contributed by atoms with Crippen LogP contribution < -0.4 is 0 Å². The largest absolute Gasteiger partial charge is 0.309 e. The minimum absolute atomic E-state index is 0.733. The highest BCUT2D eigenvalue weighted by Crippen LogP contribution is 2.31. The quantitative estimate of drug-likeness (QED) is 0.638. The van der Waals surface area contributed by atoms with Crippen molar-refractivity contribution in [1.82, 2.24) is 19.7 Å². The SMILES string of the molecule is CCc1nnc(SCc2csc(-c3ccccc3Cl)n2)n1C. The minimum Gasteiger partial charge on any atom is -0.309 e. The molecule has 2 aromatic heterocycles. The number of benzene rings is 1. The fraction of sp³-hybridized carbons (Fsp3) is 0.267. The molecule has 0 spiro atoms. The molecule has 0 aliphatic heterocycles. The van der Waals surface area contributed by atoms with E-state index in [2.05, 4.69) is 27.5 Å². The van der Waals surface area contributed by atoms with Crippen LogP contribution in [0.5, 0.6) is 0 Å². The summed E-state index contributed by atoms with van der Waals surface area (Å²) in [6.07, 6.45) is 0.886. The first-order chi connectivity index (χ1) is 10.7. The lowest BCUT2D eigenvalue weighted by molar-refractivity contribution is 0.741. The Balaban J connectivity index is 1.72. The molecule has 0 bridgehead atoms. The molecule has 0 amide bonds. The van der Waals surface area contributed by atoms with Gasteiger partial charge in [-0.3, -0.25) is 0 Å². The Morgan fingerprint density at radius 2 is 2.09 bits per heavy atom. The van der Waals surface area contributed by atoms with Crippen LogP contribution in [-0.2, 0) is 19.2 Å². The zero-order chi connectivity index (χ0) is 15.5. The van der Waals surface area contributed by atoms with Gasteiger partial charge < -0.3 is 4.57 Å². The molecule has 0 saturated carbocycles. The summed E-state index contributed by atoms with van der Waals surface area (Å²) in [5.74, 6) is 1.77. The Morgan fingerprint density at radius 1 is 1.27 bits per heavy atom. The lowest BCUT2D eigenvalue weighted by Gasteiger charge is -2.01. The van der Waals surface area contributed by atoms with Crippen LogP contribution >= 0.6 is 34.7 Å². The molecule has 0 radical (unpaired) electrons. The lowest BCUT2D eigenvalue weighted by Crippen LogP contribution is -1.97. The third kappa shape index (κ3) is 3.19. The van der Waals surface area contributed by atoms with Gasteiger partial charge in [-0.2, -0.15) is 0 Å². The van der Waals surface area contributed by atoms with Crippen molar-refractivity contribution < 1.29 is 0 Å². The van der Waals surface area contributed by atoms with Gasteiger partial charge in [-0.25, -0.2) is 4.98 Å². The van der Waals surface area contributed by atoms with E-state index in [1.165, 1.54) is 0 Å². The van der Waals surface area contributed by atoms with Crippen molar-refractivity contribution in [2.24, 2.45) is 7.05 Å². The van der Waals surface area contributed by atoms with Crippen LogP contribution in [0.15, 0.2) is 34.8 Å². The molecule has 2 heterocycles. The highest BCUT2D eigenvalue weighted by Gasteiger charge is 2.11. The van der Waals surface area contributed by atoms with E-state index in [0.717, 1.165) is 44.4 Å². The van der Waals surface area contributed by atoms with Crippen LogP contribution in [0.3, 0.4) is 0 Å². The van der Waals surface area contributed by atoms with Crippen molar-refractivity contribution in [3.8, 4) is 10.6 Å². The second-order valence-electron chi connectivity index (χ2n) is 4.72. The predicted octanol–water partition coefficient (Wildman–Crippen LogP) is 4.45. The lowest BCUT2D eigenvalue weighted by atomic mass is 10.2. The maximum absolute atomic E-state index is 6.22. The van der Waals surface area contributed by atoms with Crippen LogP contribution in [0.2, 0.25) is 5.02 Å². The number of hydrogen-bond donors (Lipinski definition) is 0. The first-order valence-electron chi connectivity index (χ1n) is 6.89. The van der Waals surface area contributed by atoms with Crippen LogP contribution in [0.25, 0.3) is 10.6 Å². The third-order valence-electron chi connectivity index (χ3n) is 3.25. The van der Waals surface area contributed by atoms with E-state index in [1.54, 1.807) is 23.1 Å². The van der Waals surface area contributed by atoms with Crippen molar-refractivity contribution in [1.29, 1.82) is 0 Å². The van der Waals surface area contributed by atoms with Crippen molar-refractivity contribution in [2.75, 3.05) is 0 Å². The fourth-order valence-electron chi connectivity index (χ4n) is 2.05. The minimum atomic E-state index is 0.733. The molecule has 0 unspecified atom stereocenters. The van der Waals surface area contributed by atoms with Gasteiger partial charge in [-0.1, -0.05) is 48.5 Å². The molecule has 3 rings (SSSR count). The Hall–Kier alpha value is -1.37. The smallest absolute Gasteiger partial charge is 0.191 e. The highest BCUT2D eigenvalue weighted by atomic mass is 35.5. The van der Waals surface area contributed by atoms with Crippen molar-refractivity contribution in [3.05, 3.63) is 46.2 Å². The Labute approximate surface area is 142 Å². The van der Waals surface area contributed by atoms with E-state index in [-0.39, 0.29) is 0 Å². The molecule has 0 aliphatic carbocycles. The average Bonchev–Trinajstić information content (AvgIpc) is 3.12. The summed E-state index contributed by atoms with van der Waals surface area (Å²) in [5, 5.41) is 13.1. The molecule has 114 valence electrons. The number of hydrogen-bond acceptors (Lipinski definition) is 5. The van der Waals surface area contributed by atoms with Crippen LogP contribution in [0.1, 0.15) is 18.4 Å². The molecule has 22 heavy (non-hydrogen) atoms. The maximum atomic E-state index is 6.22. The number of rotatable bonds is 5. The third-order valence-corrected chi connectivity index (χ3v) is 5.55. The fourth-order valence-corrected chi connectivity index (χ4v) is 4.12. The predicted molar refractivity (Wildman–Crippen MR) is 92.5 cm³/mol. The Kier molecular flexibility index (Phi) is 4.81. The van der Waals surface area contributed by atoms with Crippen molar-refractivity contribution in [2.45, 2.75) is 24.3 Å². The van der Waals surface area contributed by atoms with Gasteiger partial charge in [0.05, 0.1) is 10.7 Å². The monoisotopic (exact) mass is 350 g/mol. The van der Waals surface area contributed by atoms with E-state index in [1.807, 2.05) is 35.9 Å². The Morgan fingerprint density at radius 3 is 2.82 bits per heavy atom. The van der Waals surface area contributed by atoms with Gasteiger partial charge in [0.1, 0.15) is 10.8 Å². The molecule has 0 atom stereocenters. The number of aryl methyl sites for hydroxylation is 1. The van der Waals surface area contributed by atoms with E-state index >= 15 is 0 Å². The van der Waals surface area contributed by atoms with Gasteiger partial charge in [-0.15, -0.1) is 21.5 Å². The molecular formula is C15H15ClN4S2. The van der Waals surface area contributed by atoms with Crippen LogP contribution in [-0.4, -0.2) is 19.7 Å². The summed E-state index contributed by atoms with van der Waals surface area (Å²) in [4.78, 5) is 4.67. The van der Waals surface area contributed by atoms with Crippen LogP contribution in [0.4, 0.5) is 0 Å². The number of halogens is 1. The maximum Gasteiger partial charge on any atom is 0.191 e. The summed E-state index contributed by atoms with van der Waals surface area (Å²) in [5.41, 5.74) is 2.02. The number of nitrogens with zero attached hydrogens (tertiary/aromatic N) is 4. The first-order valence-corrected chi connectivity index (χ1v) is 9.13. The second kappa shape index (κ2) is 6.81. The van der Waals surface area contributed by atoms with E-state index in [0.29, 0.717) is 0 Å². The van der Waals surface area contributed by atoms with Crippen molar-refractivity contribution >= 4 is 34.7 Å². The molecule has 0 aliphatic rings. The van der Waals surface area contributed by atoms with Gasteiger partial charge in [0.15, 0.2) is 5.16 Å². The zero-order valence-corrected chi connectivity index (χ0v) is 14.7. The summed E-state index contributed by atoms with van der Waals surface area (Å²) < 4.78 is 2.03. The molecule has 7 heteroatoms. The molecule has 3 aromatic rings. The normalized spacial score (nSPS) is 11.0. The molecule has 1 aromatic carbocycles. The first kappa shape index (κ1) is 15.5. The number of thiazole rings is 1. The summed E-state index contributed by atoms with van der Waals surface area (Å²) >= 11 is 9.48. The van der Waals surface area contributed by atoms with E-state index in [9.17, 15) is 0 Å². The average molecular weight is 351 g/mol. The topological polar surface area (TPSA) is 43.6 Å². The van der Waals surface area contributed by atoms with E-state index < -0.39 is 0 Å². The van der Waals surface area contributed by atoms with E-state index in [4.69, 9.17) is 11.6 Å². The molecule has 4 nitrogen and oxygen atoms in total. The van der Waals surface area contributed by atoms with Gasteiger partial charge in [-0.05, 0) is 6.07 Å². The summed E-state index contributed by atoms with van der Waals surface area (Å²) in [6.45, 7) is 2.08. The van der Waals surface area contributed by atoms with Crippen LogP contribution in [0, 0.1) is 0 Å².